The fraction of sp³-hybridized carbons (Fsp3) is 0. The maximum atomic E-state index is 11.6. The topological polar surface area (TPSA) is 61.7 Å². The molecular weight excluding hydrogens is 236 g/mol. The zero-order valence-corrected chi connectivity index (χ0v) is 9.65. The van der Waals surface area contributed by atoms with Gasteiger partial charge in [0.2, 0.25) is 0 Å². The Morgan fingerprint density at radius 3 is 2.71 bits per heavy atom. The third kappa shape index (κ3) is 3.15. The third-order valence-corrected chi connectivity index (χ3v) is 2.75. The van der Waals surface area contributed by atoms with Crippen molar-refractivity contribution in [2.45, 2.75) is 0 Å². The van der Waals surface area contributed by atoms with Crippen molar-refractivity contribution in [2.24, 2.45) is 5.10 Å². The molecule has 5 heteroatoms. The van der Waals surface area contributed by atoms with E-state index in [0.717, 1.165) is 5.56 Å². The van der Waals surface area contributed by atoms with Crippen LogP contribution in [0.1, 0.15) is 15.9 Å². The van der Waals surface area contributed by atoms with Crippen molar-refractivity contribution >= 4 is 23.5 Å². The Bertz CT molecular complexity index is 518. The van der Waals surface area contributed by atoms with Gasteiger partial charge in [-0.3, -0.25) is 4.79 Å². The van der Waals surface area contributed by atoms with E-state index < -0.39 is 0 Å². The van der Waals surface area contributed by atoms with Crippen molar-refractivity contribution < 1.29 is 9.90 Å². The fourth-order valence-corrected chi connectivity index (χ4v) is 1.80. The molecule has 86 valence electrons. The Balaban J connectivity index is 1.96. The van der Waals surface area contributed by atoms with Crippen molar-refractivity contribution in [1.29, 1.82) is 0 Å². The number of hydrogen-bond donors (Lipinski definition) is 2. The molecular formula is C12H10N2O2S. The second kappa shape index (κ2) is 5.27. The summed E-state index contributed by atoms with van der Waals surface area (Å²) in [6, 6.07) is 7.88. The standard InChI is InChI=1S/C12H10N2O2S/c15-11-3-1-10(2-4-11)12(16)14-13-7-9-5-6-17-8-9/h1-8,15H,(H,14,16)/b13-7+. The molecule has 4 nitrogen and oxygen atoms in total. The summed E-state index contributed by atoms with van der Waals surface area (Å²) in [5.74, 6) is -0.181. The number of hydrogen-bond acceptors (Lipinski definition) is 4. The van der Waals surface area contributed by atoms with Crippen LogP contribution in [0.2, 0.25) is 0 Å². The Hall–Kier alpha value is -2.14. The molecule has 0 unspecified atom stereocenters. The first kappa shape index (κ1) is 11.3. The van der Waals surface area contributed by atoms with Gasteiger partial charge in [0.1, 0.15) is 5.75 Å². The van der Waals surface area contributed by atoms with Crippen LogP contribution in [0, 0.1) is 0 Å². The van der Waals surface area contributed by atoms with Crippen LogP contribution in [0.3, 0.4) is 0 Å². The molecule has 2 N–H and O–H groups in total. The van der Waals surface area contributed by atoms with E-state index in [4.69, 9.17) is 5.11 Å². The highest BCUT2D eigenvalue weighted by Crippen LogP contribution is 2.09. The predicted molar refractivity (Wildman–Crippen MR) is 67.5 cm³/mol. The Morgan fingerprint density at radius 2 is 2.06 bits per heavy atom. The lowest BCUT2D eigenvalue weighted by molar-refractivity contribution is 0.0955. The minimum absolute atomic E-state index is 0.128. The van der Waals surface area contributed by atoms with Crippen LogP contribution in [-0.4, -0.2) is 17.2 Å². The fourth-order valence-electron chi connectivity index (χ4n) is 1.19. The number of thiophene rings is 1. The number of phenolic OH excluding ortho intramolecular Hbond substituents is 1. The number of aromatic hydroxyl groups is 1. The van der Waals surface area contributed by atoms with Crippen LogP contribution in [-0.2, 0) is 0 Å². The molecule has 0 spiro atoms. The average Bonchev–Trinajstić information content (AvgIpc) is 2.83. The molecule has 0 aliphatic carbocycles. The minimum atomic E-state index is -0.309. The SMILES string of the molecule is O=C(N/N=C/c1ccsc1)c1ccc(O)cc1. The maximum absolute atomic E-state index is 11.6. The summed E-state index contributed by atoms with van der Waals surface area (Å²) < 4.78 is 0. The lowest BCUT2D eigenvalue weighted by Crippen LogP contribution is -2.17. The normalized spacial score (nSPS) is 10.6. The molecule has 0 saturated carbocycles. The molecule has 1 aromatic heterocycles. The molecule has 0 radical (unpaired) electrons. The van der Waals surface area contributed by atoms with Gasteiger partial charge in [-0.15, -0.1) is 0 Å². The van der Waals surface area contributed by atoms with Crippen LogP contribution in [0.15, 0.2) is 46.2 Å². The van der Waals surface area contributed by atoms with Crippen LogP contribution in [0.5, 0.6) is 5.75 Å². The Labute approximate surface area is 102 Å². The van der Waals surface area contributed by atoms with Gasteiger partial charge in [0.05, 0.1) is 6.21 Å². The van der Waals surface area contributed by atoms with Gasteiger partial charge in [0.25, 0.3) is 5.91 Å². The van der Waals surface area contributed by atoms with Crippen molar-refractivity contribution in [2.75, 3.05) is 0 Å². The lowest BCUT2D eigenvalue weighted by atomic mass is 10.2. The third-order valence-electron chi connectivity index (χ3n) is 2.05. The van der Waals surface area contributed by atoms with Crippen LogP contribution >= 0.6 is 11.3 Å². The molecule has 2 rings (SSSR count). The summed E-state index contributed by atoms with van der Waals surface area (Å²) in [6.07, 6.45) is 1.58. The molecule has 1 heterocycles. The summed E-state index contributed by atoms with van der Waals surface area (Å²) in [5, 5.41) is 16.8. The first-order chi connectivity index (χ1) is 8.25. The monoisotopic (exact) mass is 246 g/mol. The molecule has 1 aromatic carbocycles. The smallest absolute Gasteiger partial charge is 0.271 e. The number of benzene rings is 1. The number of amides is 1. The molecule has 2 aromatic rings. The molecule has 0 bridgehead atoms. The van der Waals surface area contributed by atoms with Crippen LogP contribution < -0.4 is 5.43 Å². The maximum Gasteiger partial charge on any atom is 0.271 e. The van der Waals surface area contributed by atoms with Crippen LogP contribution in [0.25, 0.3) is 0 Å². The predicted octanol–water partition coefficient (Wildman–Crippen LogP) is 2.22. The Kier molecular flexibility index (Phi) is 3.52. The molecule has 1 amide bonds. The van der Waals surface area contributed by atoms with Gasteiger partial charge in [0, 0.05) is 11.1 Å². The number of carbonyl (C=O) groups excluding carboxylic acids is 1. The zero-order valence-electron chi connectivity index (χ0n) is 8.83. The van der Waals surface area contributed by atoms with Crippen molar-refractivity contribution in [3.05, 3.63) is 52.2 Å². The van der Waals surface area contributed by atoms with E-state index in [1.165, 1.54) is 24.3 Å². The highest BCUT2D eigenvalue weighted by atomic mass is 32.1. The van der Waals surface area contributed by atoms with Crippen LogP contribution in [0.4, 0.5) is 0 Å². The number of nitrogens with one attached hydrogen (secondary N) is 1. The van der Waals surface area contributed by atoms with Gasteiger partial charge in [-0.2, -0.15) is 16.4 Å². The molecule has 0 aliphatic rings. The molecule has 0 aliphatic heterocycles. The quantitative estimate of drug-likeness (QED) is 0.644. The summed E-state index contributed by atoms with van der Waals surface area (Å²) in [6.45, 7) is 0. The average molecular weight is 246 g/mol. The lowest BCUT2D eigenvalue weighted by Gasteiger charge is -1.99. The highest BCUT2D eigenvalue weighted by molar-refractivity contribution is 7.08. The van der Waals surface area contributed by atoms with E-state index >= 15 is 0 Å². The number of hydrazone groups is 1. The summed E-state index contributed by atoms with van der Waals surface area (Å²) in [4.78, 5) is 11.6. The molecule has 0 saturated heterocycles. The summed E-state index contributed by atoms with van der Waals surface area (Å²) in [7, 11) is 0. The second-order valence-corrected chi connectivity index (χ2v) is 4.08. The first-order valence-corrected chi connectivity index (χ1v) is 5.84. The molecule has 0 atom stereocenters. The van der Waals surface area contributed by atoms with E-state index in [0.29, 0.717) is 5.56 Å². The van der Waals surface area contributed by atoms with E-state index in [-0.39, 0.29) is 11.7 Å². The second-order valence-electron chi connectivity index (χ2n) is 3.30. The van der Waals surface area contributed by atoms with E-state index in [1.54, 1.807) is 17.6 Å². The number of rotatable bonds is 3. The van der Waals surface area contributed by atoms with Gasteiger partial charge in [-0.1, -0.05) is 0 Å². The zero-order chi connectivity index (χ0) is 12.1. The Morgan fingerprint density at radius 1 is 1.29 bits per heavy atom. The number of nitrogens with zero attached hydrogens (tertiary/aromatic N) is 1. The van der Waals surface area contributed by atoms with E-state index in [9.17, 15) is 4.79 Å². The van der Waals surface area contributed by atoms with Crippen molar-refractivity contribution in [3.63, 3.8) is 0 Å². The van der Waals surface area contributed by atoms with Crippen molar-refractivity contribution in [3.8, 4) is 5.75 Å². The number of phenols is 1. The highest BCUT2D eigenvalue weighted by Gasteiger charge is 2.02. The molecule has 17 heavy (non-hydrogen) atoms. The van der Waals surface area contributed by atoms with Crippen molar-refractivity contribution in [1.82, 2.24) is 5.43 Å². The first-order valence-electron chi connectivity index (χ1n) is 4.90. The summed E-state index contributed by atoms with van der Waals surface area (Å²) >= 11 is 1.56. The van der Waals surface area contributed by atoms with Gasteiger partial charge < -0.3 is 5.11 Å². The van der Waals surface area contributed by atoms with Gasteiger partial charge in [-0.25, -0.2) is 5.43 Å². The van der Waals surface area contributed by atoms with E-state index in [1.807, 2.05) is 16.8 Å². The largest absolute Gasteiger partial charge is 0.508 e. The summed E-state index contributed by atoms with van der Waals surface area (Å²) in [5.41, 5.74) is 3.80. The van der Waals surface area contributed by atoms with Gasteiger partial charge in [0.15, 0.2) is 0 Å². The van der Waals surface area contributed by atoms with E-state index in [2.05, 4.69) is 10.5 Å². The minimum Gasteiger partial charge on any atom is -0.508 e. The molecule has 0 fully saturated rings. The number of carbonyl (C=O) groups is 1. The van der Waals surface area contributed by atoms with Gasteiger partial charge in [-0.05, 0) is 41.1 Å². The van der Waals surface area contributed by atoms with Gasteiger partial charge >= 0.3 is 0 Å².